The first-order valence-electron chi connectivity index (χ1n) is 9.40. The molecule has 29 heavy (non-hydrogen) atoms. The van der Waals surface area contributed by atoms with Crippen molar-refractivity contribution in [3.8, 4) is 11.5 Å². The smallest absolute Gasteiger partial charge is 0.147 e. The largest absolute Gasteiger partial charge is 0.494 e. The minimum atomic E-state index is 0.383. The molecule has 0 aliphatic carbocycles. The molecule has 0 aliphatic rings. The zero-order valence-corrected chi connectivity index (χ0v) is 17.2. The summed E-state index contributed by atoms with van der Waals surface area (Å²) < 4.78 is 13.9. The van der Waals surface area contributed by atoms with Crippen LogP contribution in [0.15, 0.2) is 72.8 Å². The van der Waals surface area contributed by atoms with Crippen molar-refractivity contribution in [3.05, 3.63) is 88.7 Å². The standard InChI is InChI=1S/C23H20Cl2N2O2/c24-17-6-10-19(11-7-17)28-15-3-14-27-22-5-2-1-4-21(22)26-23(27)16-29-20-12-8-18(25)9-13-20/h1-2,4-13H,3,14-16H2. The maximum atomic E-state index is 5.94. The van der Waals surface area contributed by atoms with Crippen LogP contribution >= 0.6 is 23.2 Å². The van der Waals surface area contributed by atoms with Gasteiger partial charge < -0.3 is 14.0 Å². The van der Waals surface area contributed by atoms with E-state index in [4.69, 9.17) is 37.7 Å². The van der Waals surface area contributed by atoms with Gasteiger partial charge in [0, 0.05) is 16.6 Å². The van der Waals surface area contributed by atoms with E-state index in [0.717, 1.165) is 41.3 Å². The summed E-state index contributed by atoms with van der Waals surface area (Å²) >= 11 is 11.9. The van der Waals surface area contributed by atoms with Gasteiger partial charge in [-0.15, -0.1) is 0 Å². The Hall–Kier alpha value is -2.69. The van der Waals surface area contributed by atoms with Crippen LogP contribution in [0.3, 0.4) is 0 Å². The topological polar surface area (TPSA) is 36.3 Å². The summed E-state index contributed by atoms with van der Waals surface area (Å²) in [5, 5.41) is 1.39. The molecule has 6 heteroatoms. The van der Waals surface area contributed by atoms with E-state index >= 15 is 0 Å². The number of aromatic nitrogens is 2. The molecule has 148 valence electrons. The van der Waals surface area contributed by atoms with Crippen LogP contribution in [0, 0.1) is 0 Å². The van der Waals surface area contributed by atoms with Crippen LogP contribution in [0.2, 0.25) is 10.0 Å². The molecule has 4 aromatic rings. The summed E-state index contributed by atoms with van der Waals surface area (Å²) in [7, 11) is 0. The third-order valence-electron chi connectivity index (χ3n) is 4.52. The molecule has 0 saturated heterocycles. The fraction of sp³-hybridized carbons (Fsp3) is 0.174. The monoisotopic (exact) mass is 426 g/mol. The van der Waals surface area contributed by atoms with E-state index < -0.39 is 0 Å². The molecule has 0 spiro atoms. The average molecular weight is 427 g/mol. The van der Waals surface area contributed by atoms with Crippen molar-refractivity contribution in [3.63, 3.8) is 0 Å². The van der Waals surface area contributed by atoms with Crippen LogP contribution in [0.1, 0.15) is 12.2 Å². The van der Waals surface area contributed by atoms with Gasteiger partial charge in [-0.2, -0.15) is 0 Å². The van der Waals surface area contributed by atoms with E-state index in [-0.39, 0.29) is 0 Å². The molecule has 3 aromatic carbocycles. The lowest BCUT2D eigenvalue weighted by atomic mass is 10.3. The average Bonchev–Trinajstić information content (AvgIpc) is 3.10. The quantitative estimate of drug-likeness (QED) is 0.306. The summed E-state index contributed by atoms with van der Waals surface area (Å²) in [6.45, 7) is 1.77. The van der Waals surface area contributed by atoms with Gasteiger partial charge in [0.05, 0.1) is 17.6 Å². The normalized spacial score (nSPS) is 11.0. The number of hydrogen-bond acceptors (Lipinski definition) is 3. The summed E-state index contributed by atoms with van der Waals surface area (Å²) in [6, 6.07) is 22.9. The number of imidazole rings is 1. The first-order valence-corrected chi connectivity index (χ1v) is 10.2. The zero-order valence-electron chi connectivity index (χ0n) is 15.7. The van der Waals surface area contributed by atoms with Gasteiger partial charge in [0.25, 0.3) is 0 Å². The molecule has 0 atom stereocenters. The van der Waals surface area contributed by atoms with Crippen LogP contribution in [0.4, 0.5) is 0 Å². The molecule has 0 saturated carbocycles. The first kappa shape index (κ1) is 19.6. The van der Waals surface area contributed by atoms with Crippen molar-refractivity contribution >= 4 is 34.2 Å². The molecule has 0 fully saturated rings. The van der Waals surface area contributed by atoms with Crippen LogP contribution in [0.25, 0.3) is 11.0 Å². The maximum absolute atomic E-state index is 5.94. The van der Waals surface area contributed by atoms with Crippen molar-refractivity contribution < 1.29 is 9.47 Å². The molecule has 0 unspecified atom stereocenters. The lowest BCUT2D eigenvalue weighted by Crippen LogP contribution is -2.10. The summed E-state index contributed by atoms with van der Waals surface area (Å²) in [5.74, 6) is 2.46. The van der Waals surface area contributed by atoms with Gasteiger partial charge in [0.1, 0.15) is 23.9 Å². The molecule has 0 bridgehead atoms. The van der Waals surface area contributed by atoms with E-state index in [1.807, 2.05) is 66.7 Å². The fourth-order valence-corrected chi connectivity index (χ4v) is 3.36. The molecule has 0 amide bonds. The highest BCUT2D eigenvalue weighted by Gasteiger charge is 2.11. The van der Waals surface area contributed by atoms with E-state index in [2.05, 4.69) is 10.6 Å². The van der Waals surface area contributed by atoms with Crippen LogP contribution in [0.5, 0.6) is 11.5 Å². The van der Waals surface area contributed by atoms with Crippen LogP contribution in [-0.2, 0) is 13.2 Å². The Morgan fingerprint density at radius 1 is 0.759 bits per heavy atom. The lowest BCUT2D eigenvalue weighted by Gasteiger charge is -2.11. The lowest BCUT2D eigenvalue weighted by molar-refractivity contribution is 0.280. The summed E-state index contributed by atoms with van der Waals surface area (Å²) in [4.78, 5) is 4.75. The fourth-order valence-electron chi connectivity index (χ4n) is 3.11. The van der Waals surface area contributed by atoms with E-state index in [0.29, 0.717) is 23.3 Å². The Kier molecular flexibility index (Phi) is 6.23. The van der Waals surface area contributed by atoms with Crippen molar-refractivity contribution in [2.75, 3.05) is 6.61 Å². The minimum absolute atomic E-state index is 0.383. The predicted octanol–water partition coefficient (Wildman–Crippen LogP) is 6.39. The highest BCUT2D eigenvalue weighted by molar-refractivity contribution is 6.30. The summed E-state index contributed by atoms with van der Waals surface area (Å²) in [5.41, 5.74) is 2.05. The Bertz CT molecular complexity index is 1080. The number of nitrogens with zero attached hydrogens (tertiary/aromatic N) is 2. The van der Waals surface area contributed by atoms with Gasteiger partial charge in [-0.25, -0.2) is 4.98 Å². The molecule has 0 aliphatic heterocycles. The number of benzene rings is 3. The second kappa shape index (κ2) is 9.21. The molecule has 1 heterocycles. The first-order chi connectivity index (χ1) is 14.2. The molecular weight excluding hydrogens is 407 g/mol. The van der Waals surface area contributed by atoms with E-state index in [1.54, 1.807) is 0 Å². The Morgan fingerprint density at radius 2 is 1.38 bits per heavy atom. The van der Waals surface area contributed by atoms with Crippen LogP contribution in [-0.4, -0.2) is 16.2 Å². The summed E-state index contributed by atoms with van der Waals surface area (Å²) in [6.07, 6.45) is 0.844. The molecule has 1 aromatic heterocycles. The number of aryl methyl sites for hydroxylation is 1. The number of halogens is 2. The van der Waals surface area contributed by atoms with Crippen molar-refractivity contribution in [1.29, 1.82) is 0 Å². The Labute approximate surface area is 179 Å². The van der Waals surface area contributed by atoms with Crippen molar-refractivity contribution in [1.82, 2.24) is 9.55 Å². The van der Waals surface area contributed by atoms with E-state index in [9.17, 15) is 0 Å². The zero-order chi connectivity index (χ0) is 20.1. The van der Waals surface area contributed by atoms with Crippen LogP contribution < -0.4 is 9.47 Å². The van der Waals surface area contributed by atoms with Crippen molar-refractivity contribution in [2.45, 2.75) is 19.6 Å². The number of ether oxygens (including phenoxy) is 2. The predicted molar refractivity (Wildman–Crippen MR) is 117 cm³/mol. The Morgan fingerprint density at radius 3 is 2.07 bits per heavy atom. The number of rotatable bonds is 8. The number of para-hydroxylation sites is 2. The van der Waals surface area contributed by atoms with Gasteiger partial charge in [-0.1, -0.05) is 35.3 Å². The minimum Gasteiger partial charge on any atom is -0.494 e. The molecule has 0 radical (unpaired) electrons. The molecule has 0 N–H and O–H groups in total. The SMILES string of the molecule is Clc1ccc(OCCCn2c(COc3ccc(Cl)cc3)nc3ccccc32)cc1. The number of fused-ring (bicyclic) bond motifs is 1. The molecule has 4 rings (SSSR count). The van der Waals surface area contributed by atoms with Gasteiger partial charge >= 0.3 is 0 Å². The third-order valence-corrected chi connectivity index (χ3v) is 5.03. The van der Waals surface area contributed by atoms with Gasteiger partial charge in [-0.05, 0) is 67.1 Å². The highest BCUT2D eigenvalue weighted by atomic mass is 35.5. The number of hydrogen-bond donors (Lipinski definition) is 0. The second-order valence-electron chi connectivity index (χ2n) is 6.57. The third kappa shape index (κ3) is 5.03. The highest BCUT2D eigenvalue weighted by Crippen LogP contribution is 2.21. The van der Waals surface area contributed by atoms with Gasteiger partial charge in [0.15, 0.2) is 0 Å². The molecule has 4 nitrogen and oxygen atoms in total. The Balaban J connectivity index is 1.43. The van der Waals surface area contributed by atoms with Gasteiger partial charge in [-0.3, -0.25) is 0 Å². The van der Waals surface area contributed by atoms with Gasteiger partial charge in [0.2, 0.25) is 0 Å². The van der Waals surface area contributed by atoms with E-state index in [1.165, 1.54) is 0 Å². The van der Waals surface area contributed by atoms with Crippen molar-refractivity contribution in [2.24, 2.45) is 0 Å². The second-order valence-corrected chi connectivity index (χ2v) is 7.44. The maximum Gasteiger partial charge on any atom is 0.147 e. The molecular formula is C23H20Cl2N2O2.